The third kappa shape index (κ3) is 5.26. The molecule has 3 rings (SSSR count). The second-order valence-electron chi connectivity index (χ2n) is 10.9. The quantitative estimate of drug-likeness (QED) is 0.317. The molecule has 0 amide bonds. The van der Waals surface area contributed by atoms with Gasteiger partial charge in [-0.05, 0) is 0 Å². The standard InChI is InChI=1S/C28H39NO4SeSi/c1-20(2)35(21(3)4,22(5)6)33-23-14-15-28(19-29,26-12-13-27(30)25(26)18-23)16-17-34(31,32)24-10-8-7-9-11-24/h7-11,18,20-22H,12-17H2,1-6H3. The van der Waals surface area contributed by atoms with E-state index in [1.54, 1.807) is 30.3 Å². The van der Waals surface area contributed by atoms with E-state index in [0.29, 0.717) is 52.3 Å². The number of allylic oxidation sites excluding steroid dienone is 4. The van der Waals surface area contributed by atoms with Crippen LogP contribution >= 0.6 is 0 Å². The number of Topliss-reactive ketones (excluding diaryl/α,β-unsaturated/α-hetero) is 1. The van der Waals surface area contributed by atoms with Crippen molar-refractivity contribution in [1.82, 2.24) is 0 Å². The van der Waals surface area contributed by atoms with E-state index in [1.165, 1.54) is 0 Å². The molecule has 1 aromatic rings. The zero-order chi connectivity index (χ0) is 26.0. The summed E-state index contributed by atoms with van der Waals surface area (Å²) in [5.41, 5.74) is 1.60. The molecule has 0 spiro atoms. The molecule has 0 aliphatic heterocycles. The van der Waals surface area contributed by atoms with Crippen molar-refractivity contribution >= 4 is 31.3 Å². The van der Waals surface area contributed by atoms with Gasteiger partial charge in [-0.15, -0.1) is 0 Å². The number of carbonyl (C=O) groups is 1. The van der Waals surface area contributed by atoms with Crippen molar-refractivity contribution in [2.45, 2.75) is 95.6 Å². The Balaban J connectivity index is 1.96. The number of nitrogens with zero attached hydrogens (tertiary/aromatic N) is 1. The Morgan fingerprint density at radius 3 is 2.14 bits per heavy atom. The van der Waals surface area contributed by atoms with Crippen LogP contribution in [0.4, 0.5) is 0 Å². The van der Waals surface area contributed by atoms with Crippen LogP contribution in [0.5, 0.6) is 0 Å². The third-order valence-electron chi connectivity index (χ3n) is 8.04. The van der Waals surface area contributed by atoms with Crippen LogP contribution in [0.2, 0.25) is 21.9 Å². The summed E-state index contributed by atoms with van der Waals surface area (Å²) in [6.07, 6.45) is 4.01. The van der Waals surface area contributed by atoms with Crippen molar-refractivity contribution in [3.63, 3.8) is 0 Å². The number of rotatable bonds is 9. The van der Waals surface area contributed by atoms with Crippen LogP contribution in [-0.4, -0.2) is 26.8 Å². The van der Waals surface area contributed by atoms with Crippen LogP contribution in [0.3, 0.4) is 0 Å². The van der Waals surface area contributed by atoms with Gasteiger partial charge in [0, 0.05) is 0 Å². The molecule has 0 aromatic heterocycles. The summed E-state index contributed by atoms with van der Waals surface area (Å²) in [6.45, 7) is 13.4. The molecule has 190 valence electrons. The predicted octanol–water partition coefficient (Wildman–Crippen LogP) is 6.63. The van der Waals surface area contributed by atoms with Crippen LogP contribution in [0.15, 0.2) is 53.3 Å². The SMILES string of the molecule is CC(C)[Si](OC1=CC2=C(CCC2=O)C(C#N)(CC[Se](=O)(=O)c2ccccc2)CC1)(C(C)C)C(C)C. The first-order chi connectivity index (χ1) is 16.4. The second kappa shape index (κ2) is 10.5. The molecule has 2 aliphatic rings. The molecular formula is C28H39NO4SeSi. The molecule has 5 nitrogen and oxygen atoms in total. The first-order valence-electron chi connectivity index (χ1n) is 12.7. The topological polar surface area (TPSA) is 84.2 Å². The first kappa shape index (κ1) is 27.6. The van der Waals surface area contributed by atoms with Crippen LogP contribution in [0.25, 0.3) is 0 Å². The number of nitriles is 1. The number of carbonyl (C=O) groups excluding carboxylic acids is 1. The monoisotopic (exact) mass is 561 g/mol. The zero-order valence-corrected chi connectivity index (χ0v) is 24.6. The van der Waals surface area contributed by atoms with Gasteiger partial charge in [0.2, 0.25) is 0 Å². The molecule has 0 radical (unpaired) electrons. The second-order valence-corrected chi connectivity index (χ2v) is 20.7. The van der Waals surface area contributed by atoms with E-state index < -0.39 is 26.4 Å². The van der Waals surface area contributed by atoms with E-state index in [2.05, 4.69) is 47.6 Å². The fourth-order valence-corrected chi connectivity index (χ4v) is 14.5. The van der Waals surface area contributed by atoms with E-state index in [9.17, 15) is 17.7 Å². The van der Waals surface area contributed by atoms with Crippen molar-refractivity contribution in [2.24, 2.45) is 5.41 Å². The molecule has 0 heterocycles. The summed E-state index contributed by atoms with van der Waals surface area (Å²) in [7, 11) is -2.23. The van der Waals surface area contributed by atoms with E-state index in [4.69, 9.17) is 4.43 Å². The van der Waals surface area contributed by atoms with Crippen molar-refractivity contribution in [1.29, 1.82) is 5.26 Å². The Morgan fingerprint density at radius 1 is 1.00 bits per heavy atom. The van der Waals surface area contributed by atoms with E-state index in [1.807, 2.05) is 6.08 Å². The molecule has 1 aromatic carbocycles. The maximum absolute atomic E-state index is 13.1. The van der Waals surface area contributed by atoms with Gasteiger partial charge in [0.15, 0.2) is 0 Å². The molecule has 0 saturated heterocycles. The summed E-state index contributed by atoms with van der Waals surface area (Å²) in [6, 6.07) is 11.0. The van der Waals surface area contributed by atoms with Gasteiger partial charge in [-0.3, -0.25) is 0 Å². The van der Waals surface area contributed by atoms with Crippen LogP contribution in [0, 0.1) is 16.7 Å². The Hall–Kier alpha value is -2.00. The van der Waals surface area contributed by atoms with E-state index >= 15 is 0 Å². The summed E-state index contributed by atoms with van der Waals surface area (Å²) >= 11 is -4.41. The van der Waals surface area contributed by atoms with E-state index in [-0.39, 0.29) is 17.5 Å². The van der Waals surface area contributed by atoms with Gasteiger partial charge in [0.25, 0.3) is 0 Å². The Kier molecular flexibility index (Phi) is 8.31. The van der Waals surface area contributed by atoms with Gasteiger partial charge < -0.3 is 0 Å². The molecule has 1 unspecified atom stereocenters. The minimum absolute atomic E-state index is 0.0332. The summed E-state index contributed by atoms with van der Waals surface area (Å²) in [5.74, 6) is 0.830. The average molecular weight is 561 g/mol. The van der Waals surface area contributed by atoms with Gasteiger partial charge >= 0.3 is 214 Å². The number of benzene rings is 1. The van der Waals surface area contributed by atoms with E-state index in [0.717, 1.165) is 11.3 Å². The first-order valence-corrected chi connectivity index (χ1v) is 18.4. The Labute approximate surface area is 213 Å². The average Bonchev–Trinajstić information content (AvgIpc) is 3.09. The van der Waals surface area contributed by atoms with Gasteiger partial charge in [0.05, 0.1) is 0 Å². The van der Waals surface area contributed by atoms with Crippen molar-refractivity contribution < 1.29 is 16.9 Å². The van der Waals surface area contributed by atoms with Gasteiger partial charge in [-0.2, -0.15) is 0 Å². The fraction of sp³-hybridized carbons (Fsp3) is 0.571. The third-order valence-corrected chi connectivity index (χ3v) is 17.7. The number of ketones is 1. The van der Waals surface area contributed by atoms with Crippen molar-refractivity contribution in [3.8, 4) is 6.07 Å². The Bertz CT molecular complexity index is 1140. The molecule has 2 aliphatic carbocycles. The van der Waals surface area contributed by atoms with Gasteiger partial charge in [-0.25, -0.2) is 0 Å². The number of hydrogen-bond acceptors (Lipinski definition) is 5. The zero-order valence-electron chi connectivity index (χ0n) is 21.9. The summed E-state index contributed by atoms with van der Waals surface area (Å²) in [4.78, 5) is 12.9. The molecule has 35 heavy (non-hydrogen) atoms. The summed E-state index contributed by atoms with van der Waals surface area (Å²) in [5, 5.41) is 10.4. The molecule has 1 atom stereocenters. The van der Waals surface area contributed by atoms with Crippen molar-refractivity contribution in [2.75, 3.05) is 0 Å². The molecule has 0 saturated carbocycles. The molecule has 7 heteroatoms. The van der Waals surface area contributed by atoms with Crippen LogP contribution in [-0.2, 0) is 16.9 Å². The summed E-state index contributed by atoms with van der Waals surface area (Å²) < 4.78 is 33.5. The molecule has 0 N–H and O–H groups in total. The maximum atomic E-state index is 13.1. The molecular weight excluding hydrogens is 521 g/mol. The number of hydrogen-bond donors (Lipinski definition) is 0. The predicted molar refractivity (Wildman–Crippen MR) is 141 cm³/mol. The Morgan fingerprint density at radius 2 is 1.60 bits per heavy atom. The van der Waals surface area contributed by atoms with Gasteiger partial charge in [0.1, 0.15) is 0 Å². The minimum atomic E-state index is -4.41. The normalized spacial score (nSPS) is 21.3. The van der Waals surface area contributed by atoms with Crippen LogP contribution < -0.4 is 4.46 Å². The van der Waals surface area contributed by atoms with Crippen molar-refractivity contribution in [3.05, 3.63) is 53.3 Å². The van der Waals surface area contributed by atoms with Gasteiger partial charge in [-0.1, -0.05) is 0 Å². The van der Waals surface area contributed by atoms with Crippen LogP contribution in [0.1, 0.15) is 73.6 Å². The molecule has 0 fully saturated rings. The fourth-order valence-electron chi connectivity index (χ4n) is 6.23. The molecule has 0 bridgehead atoms.